The lowest BCUT2D eigenvalue weighted by Crippen LogP contribution is -2.45. The maximum absolute atomic E-state index is 13.0. The predicted octanol–water partition coefficient (Wildman–Crippen LogP) is 3.45. The van der Waals surface area contributed by atoms with Crippen molar-refractivity contribution >= 4 is 23.2 Å². The topological polar surface area (TPSA) is 61.4 Å². The summed E-state index contributed by atoms with van der Waals surface area (Å²) in [6, 6.07) is 19.4. The molecule has 2 aromatic carbocycles. The molecule has 3 rings (SSSR count). The Kier molecular flexibility index (Phi) is 6.52. The number of carbonyl (C=O) groups excluding carboxylic acids is 2. The first-order chi connectivity index (χ1) is 13.5. The van der Waals surface area contributed by atoms with E-state index in [1.54, 1.807) is 24.3 Å². The number of likely N-dealkylation sites (N-methyl/N-ethyl adjacent to an activating group) is 1. The number of amides is 2. The highest BCUT2D eigenvalue weighted by atomic mass is 32.1. The van der Waals surface area contributed by atoms with Crippen molar-refractivity contribution in [3.63, 3.8) is 0 Å². The van der Waals surface area contributed by atoms with Crippen molar-refractivity contribution in [2.24, 2.45) is 0 Å². The highest BCUT2D eigenvalue weighted by molar-refractivity contribution is 7.17. The highest BCUT2D eigenvalue weighted by Crippen LogP contribution is 2.28. The van der Waals surface area contributed by atoms with Gasteiger partial charge in [-0.3, -0.25) is 25.3 Å². The van der Waals surface area contributed by atoms with E-state index in [4.69, 9.17) is 0 Å². The molecule has 2 N–H and O–H groups in total. The van der Waals surface area contributed by atoms with E-state index in [1.165, 1.54) is 23.5 Å². The van der Waals surface area contributed by atoms with Crippen molar-refractivity contribution in [2.45, 2.75) is 6.54 Å². The Labute approximate surface area is 166 Å². The number of nitrogens with zero attached hydrogens (tertiary/aromatic N) is 1. The Balaban J connectivity index is 1.48. The largest absolute Gasteiger partial charge is 0.293 e. The van der Waals surface area contributed by atoms with Gasteiger partial charge in [0, 0.05) is 11.4 Å². The zero-order chi connectivity index (χ0) is 19.9. The van der Waals surface area contributed by atoms with Crippen LogP contribution < -0.4 is 10.9 Å². The van der Waals surface area contributed by atoms with Crippen LogP contribution >= 0.6 is 11.3 Å². The molecule has 0 saturated carbocycles. The van der Waals surface area contributed by atoms with Gasteiger partial charge in [-0.05, 0) is 42.4 Å². The molecule has 0 aliphatic rings. The third-order valence-corrected chi connectivity index (χ3v) is 5.12. The molecule has 0 aliphatic carbocycles. The molecule has 0 unspecified atom stereocenters. The lowest BCUT2D eigenvalue weighted by molar-refractivity contribution is -0.122. The van der Waals surface area contributed by atoms with Gasteiger partial charge in [0.2, 0.25) is 0 Å². The molecule has 0 saturated heterocycles. The SMILES string of the molecule is CN(CC(=O)NNC(=O)c1ccc(-c2ccc(F)cc2)s1)Cc1ccccc1. The number of halogens is 1. The minimum absolute atomic E-state index is 0.153. The van der Waals surface area contributed by atoms with Crippen LogP contribution in [0.4, 0.5) is 4.39 Å². The number of carbonyl (C=O) groups is 2. The molecule has 0 radical (unpaired) electrons. The first kappa shape index (κ1) is 19.7. The van der Waals surface area contributed by atoms with E-state index in [-0.39, 0.29) is 18.3 Å². The number of rotatable bonds is 6. The molecule has 144 valence electrons. The molecule has 7 heteroatoms. The van der Waals surface area contributed by atoms with E-state index >= 15 is 0 Å². The molecule has 0 atom stereocenters. The molecule has 0 aliphatic heterocycles. The fourth-order valence-electron chi connectivity index (χ4n) is 2.65. The summed E-state index contributed by atoms with van der Waals surface area (Å²) in [5.74, 6) is -1.00. The van der Waals surface area contributed by atoms with Gasteiger partial charge >= 0.3 is 0 Å². The van der Waals surface area contributed by atoms with Gasteiger partial charge in [0.1, 0.15) is 5.82 Å². The summed E-state index contributed by atoms with van der Waals surface area (Å²) in [6.45, 7) is 0.786. The van der Waals surface area contributed by atoms with E-state index < -0.39 is 5.91 Å². The monoisotopic (exact) mass is 397 g/mol. The van der Waals surface area contributed by atoms with Gasteiger partial charge in [-0.25, -0.2) is 4.39 Å². The molecule has 1 aromatic heterocycles. The normalized spacial score (nSPS) is 10.7. The zero-order valence-electron chi connectivity index (χ0n) is 15.3. The van der Waals surface area contributed by atoms with Crippen LogP contribution in [0.1, 0.15) is 15.2 Å². The Hall–Kier alpha value is -3.03. The predicted molar refractivity (Wildman–Crippen MR) is 108 cm³/mol. The molecule has 0 spiro atoms. The van der Waals surface area contributed by atoms with Gasteiger partial charge in [0.15, 0.2) is 0 Å². The van der Waals surface area contributed by atoms with E-state index in [0.717, 1.165) is 16.0 Å². The van der Waals surface area contributed by atoms with Crippen molar-refractivity contribution in [3.8, 4) is 10.4 Å². The fraction of sp³-hybridized carbons (Fsp3) is 0.143. The van der Waals surface area contributed by atoms with Crippen LogP contribution in [-0.2, 0) is 11.3 Å². The molecule has 3 aromatic rings. The number of nitrogens with one attached hydrogen (secondary N) is 2. The summed E-state index contributed by atoms with van der Waals surface area (Å²) in [4.78, 5) is 27.4. The van der Waals surface area contributed by atoms with E-state index in [9.17, 15) is 14.0 Å². The molecule has 0 fully saturated rings. The Morgan fingerprint density at radius 2 is 1.68 bits per heavy atom. The second-order valence-corrected chi connectivity index (χ2v) is 7.41. The van der Waals surface area contributed by atoms with Crippen molar-refractivity contribution < 1.29 is 14.0 Å². The first-order valence-corrected chi connectivity index (χ1v) is 9.50. The lowest BCUT2D eigenvalue weighted by Gasteiger charge is -2.16. The van der Waals surface area contributed by atoms with Crippen LogP contribution in [0.25, 0.3) is 10.4 Å². The zero-order valence-corrected chi connectivity index (χ0v) is 16.1. The highest BCUT2D eigenvalue weighted by Gasteiger charge is 2.12. The summed E-state index contributed by atoms with van der Waals surface area (Å²) in [7, 11) is 1.84. The Bertz CT molecular complexity index is 942. The molecular weight excluding hydrogens is 377 g/mol. The summed E-state index contributed by atoms with van der Waals surface area (Å²) in [5.41, 5.74) is 6.79. The van der Waals surface area contributed by atoms with Crippen molar-refractivity contribution in [1.29, 1.82) is 0 Å². The van der Waals surface area contributed by atoms with Crippen molar-refractivity contribution in [3.05, 3.63) is 83.0 Å². The average Bonchev–Trinajstić information content (AvgIpc) is 3.17. The summed E-state index contributed by atoms with van der Waals surface area (Å²) in [5, 5.41) is 0. The number of hydrogen-bond donors (Lipinski definition) is 2. The van der Waals surface area contributed by atoms with Crippen LogP contribution in [0.3, 0.4) is 0 Å². The van der Waals surface area contributed by atoms with Gasteiger partial charge in [-0.1, -0.05) is 42.5 Å². The maximum Gasteiger partial charge on any atom is 0.279 e. The quantitative estimate of drug-likeness (QED) is 0.627. The first-order valence-electron chi connectivity index (χ1n) is 8.68. The van der Waals surface area contributed by atoms with Gasteiger partial charge in [-0.15, -0.1) is 11.3 Å². The Morgan fingerprint density at radius 3 is 2.39 bits per heavy atom. The van der Waals surface area contributed by atoms with E-state index in [1.807, 2.05) is 42.3 Å². The minimum Gasteiger partial charge on any atom is -0.293 e. The molecular formula is C21H20FN3O2S. The third kappa shape index (κ3) is 5.48. The van der Waals surface area contributed by atoms with Gasteiger partial charge in [0.05, 0.1) is 11.4 Å². The fourth-order valence-corrected chi connectivity index (χ4v) is 3.56. The molecule has 2 amide bonds. The third-order valence-electron chi connectivity index (χ3n) is 3.98. The summed E-state index contributed by atoms with van der Waals surface area (Å²) < 4.78 is 13.0. The molecule has 28 heavy (non-hydrogen) atoms. The van der Waals surface area contributed by atoms with Gasteiger partial charge in [-0.2, -0.15) is 0 Å². The molecule has 0 bridgehead atoms. The van der Waals surface area contributed by atoms with Crippen molar-refractivity contribution in [1.82, 2.24) is 15.8 Å². The number of hydrogen-bond acceptors (Lipinski definition) is 4. The smallest absolute Gasteiger partial charge is 0.279 e. The Morgan fingerprint density at radius 1 is 0.964 bits per heavy atom. The van der Waals surface area contributed by atoms with Gasteiger partial charge < -0.3 is 0 Å². The van der Waals surface area contributed by atoms with Crippen LogP contribution in [0.5, 0.6) is 0 Å². The van der Waals surface area contributed by atoms with Crippen LogP contribution in [0, 0.1) is 5.82 Å². The summed E-state index contributed by atoms with van der Waals surface area (Å²) >= 11 is 1.27. The number of thiophene rings is 1. The van der Waals surface area contributed by atoms with E-state index in [0.29, 0.717) is 11.4 Å². The molecule has 5 nitrogen and oxygen atoms in total. The average molecular weight is 397 g/mol. The summed E-state index contributed by atoms with van der Waals surface area (Å²) in [6.07, 6.45) is 0. The van der Waals surface area contributed by atoms with Crippen molar-refractivity contribution in [2.75, 3.05) is 13.6 Å². The van der Waals surface area contributed by atoms with E-state index in [2.05, 4.69) is 10.9 Å². The number of benzene rings is 2. The minimum atomic E-state index is -0.391. The second-order valence-electron chi connectivity index (χ2n) is 6.33. The molecule has 1 heterocycles. The van der Waals surface area contributed by atoms with Crippen LogP contribution in [0.2, 0.25) is 0 Å². The maximum atomic E-state index is 13.0. The van der Waals surface area contributed by atoms with Crippen LogP contribution in [-0.4, -0.2) is 30.3 Å². The second kappa shape index (κ2) is 9.25. The van der Waals surface area contributed by atoms with Gasteiger partial charge in [0.25, 0.3) is 11.8 Å². The lowest BCUT2D eigenvalue weighted by atomic mass is 10.2. The van der Waals surface area contributed by atoms with Crippen LogP contribution in [0.15, 0.2) is 66.7 Å². The standard InChI is InChI=1S/C21H20FN3O2S/c1-25(13-15-5-3-2-4-6-15)14-20(26)23-24-21(27)19-12-11-18(28-19)16-7-9-17(22)10-8-16/h2-12H,13-14H2,1H3,(H,23,26)(H,24,27). The number of hydrazine groups is 1.